The normalized spacial score (nSPS) is 26.1. The number of nitrogens with two attached hydrogens (primary N) is 1. The van der Waals surface area contributed by atoms with Gasteiger partial charge in [0.15, 0.2) is 0 Å². The number of hydrogen-bond acceptors (Lipinski definition) is 4. The molecule has 0 aliphatic carbocycles. The summed E-state index contributed by atoms with van der Waals surface area (Å²) in [6, 6.07) is 4.59. The van der Waals surface area contributed by atoms with E-state index in [1.807, 2.05) is 12.3 Å². The van der Waals surface area contributed by atoms with Crippen LogP contribution in [0, 0.1) is 0 Å². The molecular weight excluding hydrogens is 226 g/mol. The van der Waals surface area contributed by atoms with Gasteiger partial charge in [-0.25, -0.2) is 0 Å². The number of pyridine rings is 1. The third-order valence-electron chi connectivity index (χ3n) is 3.53. The number of rotatable bonds is 3. The van der Waals surface area contributed by atoms with Gasteiger partial charge in [0.1, 0.15) is 0 Å². The van der Waals surface area contributed by atoms with E-state index in [0.717, 1.165) is 31.0 Å². The Labute approximate surface area is 109 Å². The molecule has 3 unspecified atom stereocenters. The second kappa shape index (κ2) is 5.67. The molecular formula is C14H23N3O. The minimum atomic E-state index is 0.0417. The summed E-state index contributed by atoms with van der Waals surface area (Å²) in [7, 11) is 0. The van der Waals surface area contributed by atoms with Gasteiger partial charge in [-0.15, -0.1) is 0 Å². The van der Waals surface area contributed by atoms with E-state index in [4.69, 9.17) is 10.5 Å². The van der Waals surface area contributed by atoms with Crippen molar-refractivity contribution in [2.45, 2.75) is 45.4 Å². The Bertz CT molecular complexity index is 379. The van der Waals surface area contributed by atoms with E-state index in [9.17, 15) is 0 Å². The summed E-state index contributed by atoms with van der Waals surface area (Å²) in [5.41, 5.74) is 8.10. The van der Waals surface area contributed by atoms with Gasteiger partial charge in [-0.05, 0) is 32.4 Å². The average molecular weight is 249 g/mol. The van der Waals surface area contributed by atoms with Gasteiger partial charge in [0, 0.05) is 18.6 Å². The van der Waals surface area contributed by atoms with Crippen molar-refractivity contribution in [3.63, 3.8) is 0 Å². The van der Waals surface area contributed by atoms with Crippen molar-refractivity contribution in [1.29, 1.82) is 0 Å². The van der Waals surface area contributed by atoms with E-state index in [-0.39, 0.29) is 12.1 Å². The van der Waals surface area contributed by atoms with Crippen molar-refractivity contribution in [1.82, 2.24) is 4.98 Å². The largest absolute Gasteiger partial charge is 0.375 e. The highest BCUT2D eigenvalue weighted by atomic mass is 16.5. The van der Waals surface area contributed by atoms with E-state index >= 15 is 0 Å². The zero-order chi connectivity index (χ0) is 13.1. The first-order valence-electron chi connectivity index (χ1n) is 6.71. The first kappa shape index (κ1) is 13.3. The van der Waals surface area contributed by atoms with Crippen LogP contribution in [-0.2, 0) is 4.74 Å². The molecule has 100 valence electrons. The Hall–Kier alpha value is -1.13. The monoisotopic (exact) mass is 249 g/mol. The zero-order valence-electron chi connectivity index (χ0n) is 11.5. The number of anilines is 1. The predicted molar refractivity (Wildman–Crippen MR) is 73.7 cm³/mol. The smallest absolute Gasteiger partial charge is 0.0723 e. The number of nitrogens with zero attached hydrogens (tertiary/aromatic N) is 2. The van der Waals surface area contributed by atoms with Crippen LogP contribution in [-0.4, -0.2) is 30.3 Å². The number of aromatic nitrogens is 1. The summed E-state index contributed by atoms with van der Waals surface area (Å²) in [5.74, 6) is 0. The Morgan fingerprint density at radius 1 is 1.50 bits per heavy atom. The van der Waals surface area contributed by atoms with Crippen LogP contribution in [0.15, 0.2) is 18.3 Å². The van der Waals surface area contributed by atoms with Crippen LogP contribution >= 0.6 is 0 Å². The Morgan fingerprint density at radius 2 is 2.28 bits per heavy atom. The first-order chi connectivity index (χ1) is 8.61. The number of morpholine rings is 1. The highest BCUT2D eigenvalue weighted by molar-refractivity contribution is 5.46. The Balaban J connectivity index is 2.13. The van der Waals surface area contributed by atoms with Crippen LogP contribution in [0.25, 0.3) is 0 Å². The van der Waals surface area contributed by atoms with Crippen molar-refractivity contribution in [2.75, 3.05) is 18.1 Å². The minimum absolute atomic E-state index is 0.0417. The van der Waals surface area contributed by atoms with Crippen molar-refractivity contribution in [2.24, 2.45) is 5.73 Å². The highest BCUT2D eigenvalue weighted by Gasteiger charge is 2.23. The molecule has 18 heavy (non-hydrogen) atoms. The lowest BCUT2D eigenvalue weighted by atomic mass is 10.1. The van der Waals surface area contributed by atoms with Crippen molar-refractivity contribution in [3.8, 4) is 0 Å². The van der Waals surface area contributed by atoms with Gasteiger partial charge in [0.05, 0.1) is 30.3 Å². The van der Waals surface area contributed by atoms with Gasteiger partial charge in [0.25, 0.3) is 0 Å². The van der Waals surface area contributed by atoms with Crippen molar-refractivity contribution >= 4 is 5.69 Å². The van der Waals surface area contributed by atoms with Crippen LogP contribution in [0.1, 0.15) is 38.9 Å². The summed E-state index contributed by atoms with van der Waals surface area (Å²) in [6.45, 7) is 8.05. The molecule has 1 aromatic heterocycles. The molecule has 1 aliphatic rings. The van der Waals surface area contributed by atoms with Gasteiger partial charge in [0.2, 0.25) is 0 Å². The Morgan fingerprint density at radius 3 is 2.89 bits per heavy atom. The molecule has 1 saturated heterocycles. The molecule has 2 rings (SSSR count). The summed E-state index contributed by atoms with van der Waals surface area (Å²) in [5, 5.41) is 0. The minimum Gasteiger partial charge on any atom is -0.375 e. The fourth-order valence-corrected chi connectivity index (χ4v) is 2.26. The lowest BCUT2D eigenvalue weighted by molar-refractivity contribution is 0.0343. The quantitative estimate of drug-likeness (QED) is 0.891. The number of hydrogen-bond donors (Lipinski definition) is 1. The fourth-order valence-electron chi connectivity index (χ4n) is 2.26. The van der Waals surface area contributed by atoms with E-state index in [1.165, 1.54) is 0 Å². The molecule has 4 nitrogen and oxygen atoms in total. The third-order valence-corrected chi connectivity index (χ3v) is 3.53. The van der Waals surface area contributed by atoms with Gasteiger partial charge in [-0.3, -0.25) is 4.98 Å². The standard InChI is InChI=1S/C14H23N3O/c1-4-13(15)14-6-5-12(7-16-14)17-8-11(3)18-9-10(17)2/h5-7,10-11,13H,4,8-9,15H2,1-3H3. The highest BCUT2D eigenvalue weighted by Crippen LogP contribution is 2.22. The van der Waals surface area contributed by atoms with Crippen LogP contribution in [0.4, 0.5) is 5.69 Å². The lowest BCUT2D eigenvalue weighted by Crippen LogP contribution is -2.47. The van der Waals surface area contributed by atoms with E-state index in [2.05, 4.69) is 36.7 Å². The fraction of sp³-hybridized carbons (Fsp3) is 0.643. The van der Waals surface area contributed by atoms with Gasteiger partial charge >= 0.3 is 0 Å². The Kier molecular flexibility index (Phi) is 4.19. The molecule has 1 aromatic rings. The van der Waals surface area contributed by atoms with Crippen LogP contribution in [0.2, 0.25) is 0 Å². The lowest BCUT2D eigenvalue weighted by Gasteiger charge is -2.38. The molecule has 3 atom stereocenters. The van der Waals surface area contributed by atoms with Gasteiger partial charge < -0.3 is 15.4 Å². The summed E-state index contributed by atoms with van der Waals surface area (Å²) < 4.78 is 5.64. The molecule has 4 heteroatoms. The zero-order valence-corrected chi connectivity index (χ0v) is 11.5. The van der Waals surface area contributed by atoms with Crippen LogP contribution in [0.3, 0.4) is 0 Å². The topological polar surface area (TPSA) is 51.4 Å². The molecule has 0 bridgehead atoms. The first-order valence-corrected chi connectivity index (χ1v) is 6.71. The summed E-state index contributed by atoms with van der Waals surface area (Å²) in [4.78, 5) is 6.83. The van der Waals surface area contributed by atoms with Crippen LogP contribution < -0.4 is 10.6 Å². The molecule has 0 radical (unpaired) electrons. The maximum absolute atomic E-state index is 5.98. The second-order valence-corrected chi connectivity index (χ2v) is 5.10. The average Bonchev–Trinajstić information content (AvgIpc) is 2.41. The van der Waals surface area contributed by atoms with Gasteiger partial charge in [-0.2, -0.15) is 0 Å². The van der Waals surface area contributed by atoms with Crippen molar-refractivity contribution < 1.29 is 4.74 Å². The summed E-state index contributed by atoms with van der Waals surface area (Å²) >= 11 is 0. The predicted octanol–water partition coefficient (Wildman–Crippen LogP) is 2.10. The van der Waals surface area contributed by atoms with Crippen LogP contribution in [0.5, 0.6) is 0 Å². The molecule has 0 saturated carbocycles. The maximum atomic E-state index is 5.98. The van der Waals surface area contributed by atoms with E-state index < -0.39 is 0 Å². The molecule has 2 N–H and O–H groups in total. The molecule has 1 fully saturated rings. The van der Waals surface area contributed by atoms with Crippen molar-refractivity contribution in [3.05, 3.63) is 24.0 Å². The summed E-state index contributed by atoms with van der Waals surface area (Å²) in [6.07, 6.45) is 3.12. The van der Waals surface area contributed by atoms with Gasteiger partial charge in [-0.1, -0.05) is 6.92 Å². The molecule has 2 heterocycles. The molecule has 1 aliphatic heterocycles. The van der Waals surface area contributed by atoms with E-state index in [0.29, 0.717) is 6.04 Å². The SMILES string of the molecule is CCC(N)c1ccc(N2CC(C)OCC2C)cn1. The van der Waals surface area contributed by atoms with E-state index in [1.54, 1.807) is 0 Å². The number of ether oxygens (including phenoxy) is 1. The second-order valence-electron chi connectivity index (χ2n) is 5.10. The molecule has 0 amide bonds. The molecule has 0 spiro atoms. The maximum Gasteiger partial charge on any atom is 0.0723 e. The molecule has 0 aromatic carbocycles. The third kappa shape index (κ3) is 2.82.